The van der Waals surface area contributed by atoms with E-state index in [9.17, 15) is 5.11 Å². The molecular weight excluding hydrogens is 308 g/mol. The van der Waals surface area contributed by atoms with Crippen LogP contribution in [0.1, 0.15) is 17.2 Å². The van der Waals surface area contributed by atoms with E-state index >= 15 is 0 Å². The van der Waals surface area contributed by atoms with Crippen LogP contribution in [0.2, 0.25) is 0 Å². The van der Waals surface area contributed by atoms with Gasteiger partial charge in [-0.25, -0.2) is 10.1 Å². The van der Waals surface area contributed by atoms with Gasteiger partial charge in [0.05, 0.1) is 17.1 Å². The van der Waals surface area contributed by atoms with Gasteiger partial charge in [-0.3, -0.25) is 4.40 Å². The van der Waals surface area contributed by atoms with Gasteiger partial charge in [0.15, 0.2) is 5.16 Å². The molecule has 2 atom stereocenters. The molecule has 1 aliphatic rings. The fourth-order valence-electron chi connectivity index (χ4n) is 3.30. The molecule has 0 fully saturated rings. The Kier molecular flexibility index (Phi) is 2.77. The molecule has 0 saturated heterocycles. The van der Waals surface area contributed by atoms with Gasteiger partial charge >= 0.3 is 0 Å². The number of aromatic amines is 1. The third-order valence-electron chi connectivity index (χ3n) is 4.41. The summed E-state index contributed by atoms with van der Waals surface area (Å²) in [6.45, 7) is 0. The van der Waals surface area contributed by atoms with Crippen molar-refractivity contribution in [2.45, 2.75) is 22.9 Å². The molecule has 2 aromatic heterocycles. The van der Waals surface area contributed by atoms with E-state index < -0.39 is 6.10 Å². The minimum Gasteiger partial charge on any atom is -0.387 e. The summed E-state index contributed by atoms with van der Waals surface area (Å²) in [4.78, 5) is 4.54. The summed E-state index contributed by atoms with van der Waals surface area (Å²) in [7, 11) is 0. The summed E-state index contributed by atoms with van der Waals surface area (Å²) in [6.07, 6.45) is 0.390. The number of thioether (sulfide) groups is 1. The number of nitrogens with one attached hydrogen (secondary N) is 1. The third-order valence-corrected chi connectivity index (χ3v) is 5.62. The van der Waals surface area contributed by atoms with Crippen LogP contribution in [0.15, 0.2) is 53.7 Å². The second-order valence-electron chi connectivity index (χ2n) is 5.77. The molecule has 5 rings (SSSR count). The summed E-state index contributed by atoms with van der Waals surface area (Å²) in [5, 5.41) is 18.9. The molecule has 0 unspecified atom stereocenters. The first-order valence-electron chi connectivity index (χ1n) is 7.55. The monoisotopic (exact) mass is 322 g/mol. The highest BCUT2D eigenvalue weighted by atomic mass is 32.2. The van der Waals surface area contributed by atoms with Gasteiger partial charge in [0.25, 0.3) is 0 Å². The zero-order valence-electron chi connectivity index (χ0n) is 12.2. The van der Waals surface area contributed by atoms with Crippen LogP contribution in [-0.4, -0.2) is 29.9 Å². The van der Waals surface area contributed by atoms with E-state index in [2.05, 4.69) is 21.2 Å². The molecule has 0 bridgehead atoms. The quantitative estimate of drug-likeness (QED) is 0.595. The fraction of sp³-hybridized carbons (Fsp3) is 0.176. The largest absolute Gasteiger partial charge is 0.387 e. The number of benzene rings is 2. The molecule has 23 heavy (non-hydrogen) atoms. The van der Waals surface area contributed by atoms with Crippen molar-refractivity contribution in [3.8, 4) is 0 Å². The van der Waals surface area contributed by atoms with Gasteiger partial charge < -0.3 is 5.11 Å². The van der Waals surface area contributed by atoms with Crippen molar-refractivity contribution >= 4 is 28.6 Å². The molecule has 1 aliphatic carbocycles. The molecule has 2 aromatic carbocycles. The molecule has 2 N–H and O–H groups in total. The summed E-state index contributed by atoms with van der Waals surface area (Å²) in [5.74, 6) is 0.735. The number of nitrogens with zero attached hydrogens (tertiary/aromatic N) is 3. The molecule has 2 heterocycles. The van der Waals surface area contributed by atoms with E-state index in [0.29, 0.717) is 0 Å². The highest BCUT2D eigenvalue weighted by Crippen LogP contribution is 2.41. The van der Waals surface area contributed by atoms with Crippen LogP contribution in [0.4, 0.5) is 0 Å². The zero-order valence-corrected chi connectivity index (χ0v) is 13.0. The smallest absolute Gasteiger partial charge is 0.231 e. The summed E-state index contributed by atoms with van der Waals surface area (Å²) in [6, 6.07) is 16.1. The average molecular weight is 322 g/mol. The molecule has 5 nitrogen and oxygen atoms in total. The molecule has 0 amide bonds. The number of para-hydroxylation sites is 2. The number of aromatic nitrogens is 4. The number of rotatable bonds is 2. The summed E-state index contributed by atoms with van der Waals surface area (Å²) >= 11 is 1.60. The first kappa shape index (κ1) is 13.2. The molecule has 0 spiro atoms. The van der Waals surface area contributed by atoms with E-state index in [-0.39, 0.29) is 5.25 Å². The van der Waals surface area contributed by atoms with Crippen molar-refractivity contribution in [2.24, 2.45) is 0 Å². The van der Waals surface area contributed by atoms with Gasteiger partial charge in [-0.2, -0.15) is 0 Å². The summed E-state index contributed by atoms with van der Waals surface area (Å²) < 4.78 is 2.02. The first-order chi connectivity index (χ1) is 11.3. The fourth-order valence-corrected chi connectivity index (χ4v) is 4.50. The van der Waals surface area contributed by atoms with Gasteiger partial charge in [-0.1, -0.05) is 48.2 Å². The van der Waals surface area contributed by atoms with Crippen LogP contribution in [0, 0.1) is 0 Å². The highest BCUT2D eigenvalue weighted by molar-refractivity contribution is 7.99. The lowest BCUT2D eigenvalue weighted by Gasteiger charge is -2.13. The van der Waals surface area contributed by atoms with Crippen molar-refractivity contribution in [1.82, 2.24) is 19.6 Å². The predicted molar refractivity (Wildman–Crippen MR) is 89.6 cm³/mol. The second-order valence-corrected chi connectivity index (χ2v) is 6.98. The zero-order chi connectivity index (χ0) is 15.4. The molecule has 0 radical (unpaired) electrons. The van der Waals surface area contributed by atoms with Crippen LogP contribution in [0.3, 0.4) is 0 Å². The Bertz CT molecular complexity index is 1020. The van der Waals surface area contributed by atoms with Crippen molar-refractivity contribution < 1.29 is 5.11 Å². The maximum Gasteiger partial charge on any atom is 0.231 e. The van der Waals surface area contributed by atoms with Crippen LogP contribution < -0.4 is 0 Å². The molecular formula is C17H14N4OS. The maximum absolute atomic E-state index is 10.6. The topological polar surface area (TPSA) is 66.2 Å². The van der Waals surface area contributed by atoms with Gasteiger partial charge in [-0.05, 0) is 29.7 Å². The minimum atomic E-state index is -0.460. The number of aliphatic hydroxyl groups is 1. The number of hydrogen-bond acceptors (Lipinski definition) is 4. The number of fused-ring (bicyclic) bond motifs is 4. The molecule has 0 saturated carbocycles. The Morgan fingerprint density at radius 1 is 1.13 bits per heavy atom. The van der Waals surface area contributed by atoms with E-state index in [4.69, 9.17) is 0 Å². The maximum atomic E-state index is 10.6. The Morgan fingerprint density at radius 2 is 1.96 bits per heavy atom. The number of hydrogen-bond donors (Lipinski definition) is 2. The Hall–Kier alpha value is -2.31. The molecule has 114 valence electrons. The van der Waals surface area contributed by atoms with Crippen molar-refractivity contribution in [3.63, 3.8) is 0 Å². The van der Waals surface area contributed by atoms with Crippen molar-refractivity contribution in [2.75, 3.05) is 0 Å². The molecule has 0 aliphatic heterocycles. The van der Waals surface area contributed by atoms with Crippen LogP contribution >= 0.6 is 11.8 Å². The van der Waals surface area contributed by atoms with Gasteiger partial charge in [0.2, 0.25) is 5.78 Å². The standard InChI is InChI=1S/C17H14N4OS/c22-15-11-6-2-1-5-10(11)9-14(15)23-17-20-19-16-18-12-7-3-4-8-13(12)21(16)17/h1-8,14-15,22H,9H2,(H,18,19)/t14-,15+/m1/s1. The van der Waals surface area contributed by atoms with Crippen molar-refractivity contribution in [3.05, 3.63) is 59.7 Å². The van der Waals surface area contributed by atoms with Crippen molar-refractivity contribution in [1.29, 1.82) is 0 Å². The number of aliphatic hydroxyl groups excluding tert-OH is 1. The van der Waals surface area contributed by atoms with Crippen LogP contribution in [0.5, 0.6) is 0 Å². The lowest BCUT2D eigenvalue weighted by Crippen LogP contribution is -2.10. The van der Waals surface area contributed by atoms with E-state index in [1.807, 2.05) is 46.9 Å². The number of H-pyrrole nitrogens is 1. The first-order valence-corrected chi connectivity index (χ1v) is 8.43. The van der Waals surface area contributed by atoms with Gasteiger partial charge in [0.1, 0.15) is 0 Å². The molecule has 6 heteroatoms. The average Bonchev–Trinajstić information content (AvgIpc) is 3.22. The SMILES string of the molecule is O[C@H]1c2ccccc2C[C@H]1Sc1n[nH]c2nc3ccccc3n12. The number of imidazole rings is 1. The van der Waals surface area contributed by atoms with Crippen LogP contribution in [0.25, 0.3) is 16.8 Å². The highest BCUT2D eigenvalue weighted by Gasteiger charge is 2.32. The second kappa shape index (κ2) is 4.84. The Balaban J connectivity index is 1.55. The summed E-state index contributed by atoms with van der Waals surface area (Å²) in [5.41, 5.74) is 4.23. The predicted octanol–water partition coefficient (Wildman–Crippen LogP) is 2.96. The Labute approximate surface area is 136 Å². The Morgan fingerprint density at radius 3 is 2.87 bits per heavy atom. The van der Waals surface area contributed by atoms with Crippen LogP contribution in [-0.2, 0) is 6.42 Å². The lowest BCUT2D eigenvalue weighted by atomic mass is 10.1. The van der Waals surface area contributed by atoms with Gasteiger partial charge in [0, 0.05) is 5.25 Å². The van der Waals surface area contributed by atoms with Gasteiger partial charge in [-0.15, -0.1) is 5.10 Å². The van der Waals surface area contributed by atoms with E-state index in [0.717, 1.165) is 34.0 Å². The normalized spacial score (nSPS) is 20.4. The molecule has 4 aromatic rings. The van der Waals surface area contributed by atoms with E-state index in [1.165, 1.54) is 5.56 Å². The van der Waals surface area contributed by atoms with E-state index in [1.54, 1.807) is 11.8 Å². The third kappa shape index (κ3) is 1.92. The lowest BCUT2D eigenvalue weighted by molar-refractivity contribution is 0.185. The minimum absolute atomic E-state index is 0.0695.